The molecule has 2 aromatic rings. The minimum atomic E-state index is -0.583. The second kappa shape index (κ2) is 12.4. The summed E-state index contributed by atoms with van der Waals surface area (Å²) in [5, 5.41) is 6.59. The van der Waals surface area contributed by atoms with Crippen molar-refractivity contribution in [1.82, 2.24) is 10.6 Å². The van der Waals surface area contributed by atoms with Crippen LogP contribution in [-0.2, 0) is 11.3 Å². The Morgan fingerprint density at radius 2 is 2.09 bits per heavy atom. The third-order valence-electron chi connectivity index (χ3n) is 4.82. The van der Waals surface area contributed by atoms with E-state index >= 15 is 0 Å². The normalized spacial score (nSPS) is 15.8. The van der Waals surface area contributed by atoms with Crippen LogP contribution >= 0.6 is 24.0 Å². The summed E-state index contributed by atoms with van der Waals surface area (Å²) in [5.74, 6) is -0.469. The van der Waals surface area contributed by atoms with Crippen molar-refractivity contribution in [3.8, 4) is 5.75 Å². The zero-order chi connectivity index (χ0) is 22.2. The van der Waals surface area contributed by atoms with Crippen molar-refractivity contribution < 1.29 is 18.3 Å². The Hall–Kier alpha value is -2.63. The SMILES string of the molecule is CCNC(=NCc1cccc(OCC(N)=O)c1)NC1CCN(c2ccc(F)cc2F)C1.I. The van der Waals surface area contributed by atoms with Crippen molar-refractivity contribution in [2.45, 2.75) is 25.9 Å². The highest BCUT2D eigenvalue weighted by molar-refractivity contribution is 14.0. The van der Waals surface area contributed by atoms with E-state index in [2.05, 4.69) is 15.6 Å². The largest absolute Gasteiger partial charge is 0.484 e. The van der Waals surface area contributed by atoms with Gasteiger partial charge >= 0.3 is 0 Å². The van der Waals surface area contributed by atoms with Crippen molar-refractivity contribution >= 4 is 41.5 Å². The van der Waals surface area contributed by atoms with E-state index in [9.17, 15) is 13.6 Å². The summed E-state index contributed by atoms with van der Waals surface area (Å²) in [6.07, 6.45) is 0.803. The van der Waals surface area contributed by atoms with E-state index in [0.717, 1.165) is 18.1 Å². The first kappa shape index (κ1) is 25.6. The third-order valence-corrected chi connectivity index (χ3v) is 4.82. The number of ether oxygens (including phenoxy) is 1. The van der Waals surface area contributed by atoms with Gasteiger partial charge in [0.2, 0.25) is 0 Å². The van der Waals surface area contributed by atoms with Gasteiger partial charge in [-0.15, -0.1) is 24.0 Å². The lowest BCUT2D eigenvalue weighted by Crippen LogP contribution is -2.44. The van der Waals surface area contributed by atoms with Crippen molar-refractivity contribution in [2.24, 2.45) is 10.7 Å². The van der Waals surface area contributed by atoms with Crippen molar-refractivity contribution in [2.75, 3.05) is 31.1 Å². The third kappa shape index (κ3) is 7.50. The number of nitrogens with zero attached hydrogens (tertiary/aromatic N) is 2. The van der Waals surface area contributed by atoms with Gasteiger partial charge in [-0.05, 0) is 43.2 Å². The Balaban J connectivity index is 0.00000363. The Morgan fingerprint density at radius 1 is 1.28 bits per heavy atom. The number of aliphatic imine (C=N–C) groups is 1. The standard InChI is InChI=1S/C22H27F2N5O2.HI/c1-2-26-22(27-12-15-4-3-5-18(10-15)31-14-21(25)30)28-17-8-9-29(13-17)20-7-6-16(23)11-19(20)24;/h3-7,10-11,17H,2,8-9,12-14H2,1H3,(H2,25,30)(H2,26,27,28);1H. The van der Waals surface area contributed by atoms with Crippen LogP contribution in [-0.4, -0.2) is 44.1 Å². The molecule has 7 nitrogen and oxygen atoms in total. The Morgan fingerprint density at radius 3 is 2.81 bits per heavy atom. The highest BCUT2D eigenvalue weighted by atomic mass is 127. The van der Waals surface area contributed by atoms with Gasteiger partial charge in [-0.1, -0.05) is 12.1 Å². The summed E-state index contributed by atoms with van der Waals surface area (Å²) in [6, 6.07) is 11.0. The molecule has 2 aromatic carbocycles. The van der Waals surface area contributed by atoms with E-state index in [4.69, 9.17) is 10.5 Å². The molecule has 1 aliphatic rings. The van der Waals surface area contributed by atoms with Crippen LogP contribution in [0.4, 0.5) is 14.5 Å². The first-order valence-corrected chi connectivity index (χ1v) is 10.2. The predicted molar refractivity (Wildman–Crippen MR) is 131 cm³/mol. The van der Waals surface area contributed by atoms with Gasteiger partial charge in [0, 0.05) is 31.7 Å². The van der Waals surface area contributed by atoms with E-state index in [1.54, 1.807) is 6.07 Å². The molecule has 10 heteroatoms. The van der Waals surface area contributed by atoms with Crippen LogP contribution in [0, 0.1) is 11.6 Å². The topological polar surface area (TPSA) is 92.0 Å². The van der Waals surface area contributed by atoms with Gasteiger partial charge in [0.15, 0.2) is 12.6 Å². The Kier molecular flexibility index (Phi) is 9.95. The lowest BCUT2D eigenvalue weighted by Gasteiger charge is -2.21. The van der Waals surface area contributed by atoms with Crippen molar-refractivity contribution in [3.05, 3.63) is 59.7 Å². The summed E-state index contributed by atoms with van der Waals surface area (Å²) < 4.78 is 32.6. The summed E-state index contributed by atoms with van der Waals surface area (Å²) in [6.45, 7) is 4.15. The molecule has 1 saturated heterocycles. The number of nitrogens with two attached hydrogens (primary N) is 1. The van der Waals surface area contributed by atoms with Crippen LogP contribution < -0.4 is 26.0 Å². The molecule has 0 bridgehead atoms. The number of anilines is 1. The molecule has 1 amide bonds. The number of hydrogen-bond acceptors (Lipinski definition) is 4. The van der Waals surface area contributed by atoms with Gasteiger partial charge < -0.3 is 26.0 Å². The molecular formula is C22H28F2IN5O2. The molecule has 32 heavy (non-hydrogen) atoms. The average Bonchev–Trinajstić information content (AvgIpc) is 3.19. The number of amides is 1. The molecule has 1 atom stereocenters. The van der Waals surface area contributed by atoms with Gasteiger partial charge in [-0.3, -0.25) is 4.79 Å². The maximum atomic E-state index is 14.1. The van der Waals surface area contributed by atoms with E-state index in [1.165, 1.54) is 12.1 Å². The molecule has 1 heterocycles. The van der Waals surface area contributed by atoms with E-state index in [0.29, 0.717) is 43.6 Å². The lowest BCUT2D eigenvalue weighted by molar-refractivity contribution is -0.119. The van der Waals surface area contributed by atoms with E-state index in [1.807, 2.05) is 30.0 Å². The summed E-state index contributed by atoms with van der Waals surface area (Å²) in [7, 11) is 0. The van der Waals surface area contributed by atoms with Crippen LogP contribution in [0.1, 0.15) is 18.9 Å². The van der Waals surface area contributed by atoms with Crippen molar-refractivity contribution in [1.29, 1.82) is 0 Å². The number of guanidine groups is 1. The van der Waals surface area contributed by atoms with E-state index < -0.39 is 17.5 Å². The first-order valence-electron chi connectivity index (χ1n) is 10.2. The van der Waals surface area contributed by atoms with Gasteiger partial charge in [-0.25, -0.2) is 13.8 Å². The molecular weight excluding hydrogens is 531 g/mol. The van der Waals surface area contributed by atoms with Crippen LogP contribution in [0.2, 0.25) is 0 Å². The quantitative estimate of drug-likeness (QED) is 0.263. The number of primary amides is 1. The van der Waals surface area contributed by atoms with Crippen molar-refractivity contribution in [3.63, 3.8) is 0 Å². The van der Waals surface area contributed by atoms with Crippen LogP contribution in [0.3, 0.4) is 0 Å². The molecule has 1 fully saturated rings. The van der Waals surface area contributed by atoms with Gasteiger partial charge in [0.05, 0.1) is 12.2 Å². The number of carbonyl (C=O) groups excluding carboxylic acids is 1. The Bertz CT molecular complexity index is 944. The van der Waals surface area contributed by atoms with Gasteiger partial charge in [-0.2, -0.15) is 0 Å². The van der Waals surface area contributed by atoms with E-state index in [-0.39, 0.29) is 36.6 Å². The van der Waals surface area contributed by atoms with Gasteiger partial charge in [0.25, 0.3) is 5.91 Å². The fraction of sp³-hybridized carbons (Fsp3) is 0.364. The number of hydrogen-bond donors (Lipinski definition) is 3. The van der Waals surface area contributed by atoms with Crippen LogP contribution in [0.5, 0.6) is 5.75 Å². The first-order chi connectivity index (χ1) is 14.9. The summed E-state index contributed by atoms with van der Waals surface area (Å²) in [5.41, 5.74) is 6.43. The second-order valence-corrected chi connectivity index (χ2v) is 7.27. The number of rotatable bonds is 8. The zero-order valence-corrected chi connectivity index (χ0v) is 20.1. The zero-order valence-electron chi connectivity index (χ0n) is 17.8. The lowest BCUT2D eigenvalue weighted by atomic mass is 10.2. The molecule has 0 spiro atoms. The second-order valence-electron chi connectivity index (χ2n) is 7.27. The number of nitrogens with one attached hydrogen (secondary N) is 2. The molecule has 3 rings (SSSR count). The fourth-order valence-electron chi connectivity index (χ4n) is 3.41. The molecule has 0 aromatic heterocycles. The average molecular weight is 559 g/mol. The Labute approximate surface area is 203 Å². The monoisotopic (exact) mass is 559 g/mol. The molecule has 4 N–H and O–H groups in total. The fourth-order valence-corrected chi connectivity index (χ4v) is 3.41. The van der Waals surface area contributed by atoms with Crippen LogP contribution in [0.25, 0.3) is 0 Å². The highest BCUT2D eigenvalue weighted by Gasteiger charge is 2.25. The highest BCUT2D eigenvalue weighted by Crippen LogP contribution is 2.24. The molecule has 0 radical (unpaired) electrons. The molecule has 174 valence electrons. The number of benzene rings is 2. The summed E-state index contributed by atoms with van der Waals surface area (Å²) in [4.78, 5) is 17.4. The maximum Gasteiger partial charge on any atom is 0.255 e. The van der Waals surface area contributed by atoms with Crippen LogP contribution in [0.15, 0.2) is 47.5 Å². The maximum absolute atomic E-state index is 14.1. The molecule has 1 aliphatic heterocycles. The smallest absolute Gasteiger partial charge is 0.255 e. The minimum Gasteiger partial charge on any atom is -0.484 e. The summed E-state index contributed by atoms with van der Waals surface area (Å²) >= 11 is 0. The van der Waals surface area contributed by atoms with Gasteiger partial charge in [0.1, 0.15) is 17.4 Å². The molecule has 1 unspecified atom stereocenters. The molecule has 0 aliphatic carbocycles. The number of halogens is 3. The number of carbonyl (C=O) groups is 1. The predicted octanol–water partition coefficient (Wildman–Crippen LogP) is 2.78. The molecule has 0 saturated carbocycles. The minimum absolute atomic E-state index is 0.